The number of nitroso groups, excluding NO2 is 1. The monoisotopic (exact) mass is 341 g/mol. The largest absolute Gasteiger partial charge is 0.488 e. The molecular formula is C19H23N3O3. The predicted molar refractivity (Wildman–Crippen MR) is 94.9 cm³/mol. The van der Waals surface area contributed by atoms with Gasteiger partial charge in [-0.15, -0.1) is 0 Å². The van der Waals surface area contributed by atoms with Crippen LogP contribution in [0.1, 0.15) is 38.5 Å². The Bertz CT molecular complexity index is 788. The maximum Gasteiger partial charge on any atom is 0.224 e. The van der Waals surface area contributed by atoms with Crippen molar-refractivity contribution in [2.24, 2.45) is 11.1 Å². The van der Waals surface area contributed by atoms with Gasteiger partial charge >= 0.3 is 0 Å². The summed E-state index contributed by atoms with van der Waals surface area (Å²) < 4.78 is 6.03. The molecule has 3 aliphatic rings. The van der Waals surface area contributed by atoms with E-state index in [2.05, 4.69) is 15.8 Å². The normalized spacial score (nSPS) is 27.8. The second kappa shape index (κ2) is 6.86. The lowest BCUT2D eigenvalue weighted by Gasteiger charge is -2.27. The molecule has 1 heterocycles. The average molecular weight is 341 g/mol. The Morgan fingerprint density at radius 3 is 2.80 bits per heavy atom. The lowest BCUT2D eigenvalue weighted by molar-refractivity contribution is -0.122. The first-order valence-electron chi connectivity index (χ1n) is 9.10. The van der Waals surface area contributed by atoms with Crippen molar-refractivity contribution in [3.8, 4) is 5.75 Å². The molecule has 25 heavy (non-hydrogen) atoms. The predicted octanol–water partition coefficient (Wildman–Crippen LogP) is 1.12. The van der Waals surface area contributed by atoms with Crippen LogP contribution in [0.4, 0.5) is 0 Å². The van der Waals surface area contributed by atoms with E-state index in [0.29, 0.717) is 0 Å². The number of amides is 1. The first kappa shape index (κ1) is 16.1. The zero-order chi connectivity index (χ0) is 17.2. The van der Waals surface area contributed by atoms with Crippen LogP contribution in [0.15, 0.2) is 23.4 Å². The zero-order valence-electron chi connectivity index (χ0n) is 14.1. The fraction of sp³-hybridized carbons (Fsp3) is 0.526. The van der Waals surface area contributed by atoms with Crippen LogP contribution < -0.4 is 25.8 Å². The van der Waals surface area contributed by atoms with Crippen molar-refractivity contribution in [3.05, 3.63) is 33.5 Å². The highest BCUT2D eigenvalue weighted by molar-refractivity contribution is 5.82. The maximum absolute atomic E-state index is 11.9. The molecule has 2 saturated carbocycles. The molecule has 1 aliphatic heterocycles. The molecule has 132 valence electrons. The van der Waals surface area contributed by atoms with Gasteiger partial charge in [0.1, 0.15) is 24.1 Å². The summed E-state index contributed by atoms with van der Waals surface area (Å²) in [5, 5.41) is 11.5. The Labute approximate surface area is 146 Å². The molecule has 2 N–H and O–H groups in total. The van der Waals surface area contributed by atoms with Crippen molar-refractivity contribution in [3.63, 3.8) is 0 Å². The Hall–Kier alpha value is -2.37. The van der Waals surface area contributed by atoms with Crippen LogP contribution in [0.2, 0.25) is 0 Å². The molecule has 6 nitrogen and oxygen atoms in total. The SMILES string of the molecule is O=NC1CCCCC1Oc1ccc2c(c1)=CNC(NC(=O)C1CC1)C=2. The number of nitrogens with zero attached hydrogens (tertiary/aromatic N) is 1. The third-order valence-corrected chi connectivity index (χ3v) is 5.16. The van der Waals surface area contributed by atoms with Crippen LogP contribution in [0.25, 0.3) is 12.3 Å². The molecule has 6 heteroatoms. The number of hydrogen-bond donors (Lipinski definition) is 2. The van der Waals surface area contributed by atoms with Gasteiger partial charge in [0, 0.05) is 17.3 Å². The van der Waals surface area contributed by atoms with Crippen molar-refractivity contribution in [1.29, 1.82) is 0 Å². The number of carbonyl (C=O) groups excluding carboxylic acids is 1. The molecule has 0 aromatic heterocycles. The summed E-state index contributed by atoms with van der Waals surface area (Å²) in [5.74, 6) is 1.07. The van der Waals surface area contributed by atoms with Gasteiger partial charge in [-0.2, -0.15) is 4.91 Å². The van der Waals surface area contributed by atoms with Crippen molar-refractivity contribution in [2.75, 3.05) is 0 Å². The molecule has 1 aromatic carbocycles. The maximum atomic E-state index is 11.9. The molecule has 2 fully saturated rings. The van der Waals surface area contributed by atoms with Crippen LogP contribution >= 0.6 is 0 Å². The fourth-order valence-electron chi connectivity index (χ4n) is 3.52. The molecule has 1 amide bonds. The molecule has 3 atom stereocenters. The summed E-state index contributed by atoms with van der Waals surface area (Å²) in [4.78, 5) is 22.9. The standard InChI is InChI=1S/C19H23N3O3/c23-19(12-5-6-12)21-18-10-13-7-8-15(9-14(13)11-20-18)25-17-4-2-1-3-16(17)22-24/h7-12,16-18,20H,1-6H2,(H,21,23). The zero-order valence-corrected chi connectivity index (χ0v) is 14.1. The van der Waals surface area contributed by atoms with Gasteiger partial charge in [0.25, 0.3) is 0 Å². The Balaban J connectivity index is 1.47. The second-order valence-electron chi connectivity index (χ2n) is 7.14. The minimum atomic E-state index is -0.250. The van der Waals surface area contributed by atoms with E-state index in [-0.39, 0.29) is 30.1 Å². The third-order valence-electron chi connectivity index (χ3n) is 5.16. The number of hydrogen-bond acceptors (Lipinski definition) is 5. The van der Waals surface area contributed by atoms with E-state index >= 15 is 0 Å². The highest BCUT2D eigenvalue weighted by Gasteiger charge is 2.30. The van der Waals surface area contributed by atoms with Crippen LogP contribution in [0.5, 0.6) is 5.75 Å². The van der Waals surface area contributed by atoms with E-state index in [1.807, 2.05) is 30.5 Å². The van der Waals surface area contributed by atoms with Crippen molar-refractivity contribution in [2.45, 2.75) is 56.8 Å². The van der Waals surface area contributed by atoms with Crippen molar-refractivity contribution >= 4 is 18.2 Å². The van der Waals surface area contributed by atoms with Gasteiger partial charge in [0.05, 0.1) is 0 Å². The first-order chi connectivity index (χ1) is 12.2. The molecule has 0 bridgehead atoms. The number of ether oxygens (including phenoxy) is 1. The van der Waals surface area contributed by atoms with E-state index in [1.165, 1.54) is 0 Å². The molecular weight excluding hydrogens is 318 g/mol. The van der Waals surface area contributed by atoms with Crippen LogP contribution in [-0.4, -0.2) is 24.2 Å². The fourth-order valence-corrected chi connectivity index (χ4v) is 3.52. The summed E-state index contributed by atoms with van der Waals surface area (Å²) in [6.07, 6.45) is 9.40. The second-order valence-corrected chi connectivity index (χ2v) is 7.14. The summed E-state index contributed by atoms with van der Waals surface area (Å²) in [7, 11) is 0. The molecule has 3 unspecified atom stereocenters. The van der Waals surface area contributed by atoms with Gasteiger partial charge < -0.3 is 15.4 Å². The number of fused-ring (bicyclic) bond motifs is 1. The van der Waals surface area contributed by atoms with Gasteiger partial charge in [-0.25, -0.2) is 0 Å². The van der Waals surface area contributed by atoms with Crippen molar-refractivity contribution < 1.29 is 9.53 Å². The number of carbonyl (C=O) groups is 1. The topological polar surface area (TPSA) is 79.8 Å². The van der Waals surface area contributed by atoms with Gasteiger partial charge in [0.15, 0.2) is 0 Å². The highest BCUT2D eigenvalue weighted by atomic mass is 16.5. The molecule has 4 rings (SSSR count). The minimum Gasteiger partial charge on any atom is -0.488 e. The van der Waals surface area contributed by atoms with Crippen LogP contribution in [0, 0.1) is 10.8 Å². The summed E-state index contributed by atoms with van der Waals surface area (Å²) in [6, 6.07) is 5.63. The highest BCUT2D eigenvalue weighted by Crippen LogP contribution is 2.29. The molecule has 0 radical (unpaired) electrons. The van der Waals surface area contributed by atoms with Gasteiger partial charge in [-0.1, -0.05) is 17.7 Å². The average Bonchev–Trinajstić information content (AvgIpc) is 3.47. The smallest absolute Gasteiger partial charge is 0.224 e. The van der Waals surface area contributed by atoms with E-state index in [0.717, 1.165) is 54.7 Å². The number of benzene rings is 1. The Morgan fingerprint density at radius 2 is 2.00 bits per heavy atom. The van der Waals surface area contributed by atoms with Gasteiger partial charge in [0.2, 0.25) is 5.91 Å². The van der Waals surface area contributed by atoms with E-state index < -0.39 is 0 Å². The van der Waals surface area contributed by atoms with Gasteiger partial charge in [-0.3, -0.25) is 4.79 Å². The lowest BCUT2D eigenvalue weighted by Crippen LogP contribution is -2.48. The molecule has 2 aliphatic carbocycles. The quantitative estimate of drug-likeness (QED) is 0.787. The lowest BCUT2D eigenvalue weighted by atomic mass is 9.93. The van der Waals surface area contributed by atoms with Crippen molar-refractivity contribution in [1.82, 2.24) is 10.6 Å². The molecule has 0 saturated heterocycles. The van der Waals surface area contributed by atoms with E-state index in [4.69, 9.17) is 4.74 Å². The minimum absolute atomic E-state index is 0.121. The molecule has 0 spiro atoms. The third kappa shape index (κ3) is 3.67. The summed E-state index contributed by atoms with van der Waals surface area (Å²) in [5.41, 5.74) is 0. The summed E-state index contributed by atoms with van der Waals surface area (Å²) >= 11 is 0. The number of nitrogens with one attached hydrogen (secondary N) is 2. The van der Waals surface area contributed by atoms with E-state index in [1.54, 1.807) is 0 Å². The molecule has 1 aromatic rings. The Morgan fingerprint density at radius 1 is 1.16 bits per heavy atom. The van der Waals surface area contributed by atoms with Crippen LogP contribution in [0.3, 0.4) is 0 Å². The van der Waals surface area contributed by atoms with Crippen LogP contribution in [-0.2, 0) is 4.79 Å². The summed E-state index contributed by atoms with van der Waals surface area (Å²) in [6.45, 7) is 0. The number of rotatable bonds is 5. The van der Waals surface area contributed by atoms with E-state index in [9.17, 15) is 9.70 Å². The Kier molecular flexibility index (Phi) is 4.42. The van der Waals surface area contributed by atoms with Gasteiger partial charge in [-0.05, 0) is 55.5 Å². The first-order valence-corrected chi connectivity index (χ1v) is 9.10.